The molecule has 0 spiro atoms. The van der Waals surface area contributed by atoms with Gasteiger partial charge < -0.3 is 82.5 Å². The molecule has 796 valence electrons. The van der Waals surface area contributed by atoms with Crippen molar-refractivity contribution in [3.8, 4) is 43.1 Å². The molecule has 4 saturated heterocycles. The van der Waals surface area contributed by atoms with Gasteiger partial charge in [0.15, 0.2) is 0 Å². The summed E-state index contributed by atoms with van der Waals surface area (Å²) in [5, 5.41) is 46.8. The number of ketones is 1. The van der Waals surface area contributed by atoms with Crippen LogP contribution in [-0.2, 0) is 54.2 Å². The van der Waals surface area contributed by atoms with Crippen LogP contribution in [0.25, 0.3) is 43.1 Å². The minimum Gasteiger partial charge on any atom is -0.478 e. The largest absolute Gasteiger partial charge is 0.478 e. The monoisotopic (exact) mass is 2100 g/mol. The Hall–Kier alpha value is -13.8. The number of anilines is 4. The lowest BCUT2D eigenvalue weighted by Gasteiger charge is -2.44. The van der Waals surface area contributed by atoms with Gasteiger partial charge in [0.2, 0.25) is 40.7 Å². The number of thiazole rings is 2. The third-order valence-electron chi connectivity index (χ3n) is 27.2. The number of pyridine rings is 2. The van der Waals surface area contributed by atoms with Crippen LogP contribution < -0.4 is 58.6 Å². The van der Waals surface area contributed by atoms with E-state index in [9.17, 15) is 104 Å². The highest BCUT2D eigenvalue weighted by Gasteiger charge is 2.48. The second-order valence-corrected chi connectivity index (χ2v) is 42.0. The number of Topliss-reactive ketones (excluding diaryl/α,β-unsaturated/α-hetero) is 1. The van der Waals surface area contributed by atoms with Crippen LogP contribution in [0.15, 0.2) is 166 Å². The fourth-order valence-corrected chi connectivity index (χ4v) is 20.0. The lowest BCUT2D eigenvalue weighted by atomic mass is 9.76. The molecule has 14 rings (SSSR count). The molecule has 4 aliphatic heterocycles. The normalized spacial score (nSPS) is 18.6. The number of carbonyl (C=O) groups excluding carboxylic acids is 9. The highest BCUT2D eigenvalue weighted by atomic mass is 32.1. The highest BCUT2D eigenvalue weighted by molar-refractivity contribution is 7.13. The highest BCUT2D eigenvalue weighted by Crippen LogP contribution is 2.43. The molecule has 8 heterocycles. The number of benzene rings is 6. The first-order valence-electron chi connectivity index (χ1n) is 48.7. The molecule has 0 radical (unpaired) electrons. The second-order valence-electron chi connectivity index (χ2n) is 40.3. The van der Waals surface area contributed by atoms with Crippen LogP contribution in [0.5, 0.6) is 0 Å². The third-order valence-corrected chi connectivity index (χ3v) is 29.2. The number of hydrogen-bond donors (Lipinski definition) is 12. The van der Waals surface area contributed by atoms with E-state index >= 15 is 4.39 Å². The van der Waals surface area contributed by atoms with Crippen molar-refractivity contribution in [3.05, 3.63) is 245 Å². The molecule has 10 aromatic rings. The predicted molar refractivity (Wildman–Crippen MR) is 553 cm³/mol. The summed E-state index contributed by atoms with van der Waals surface area (Å²) in [6, 6.07) is 30.2. The topological polar surface area (TPSA) is 441 Å². The molecule has 4 aromatic heterocycles. The molecule has 0 saturated carbocycles. The Kier molecular flexibility index (Phi) is 37.2. The van der Waals surface area contributed by atoms with Crippen molar-refractivity contribution < 1.29 is 98.4 Å². The number of carboxylic acid groups (broad SMARTS) is 1. The van der Waals surface area contributed by atoms with Crippen molar-refractivity contribution in [2.75, 3.05) is 86.9 Å². The van der Waals surface area contributed by atoms with Crippen LogP contribution in [0.3, 0.4) is 0 Å². The van der Waals surface area contributed by atoms with Gasteiger partial charge in [-0.1, -0.05) is 102 Å². The van der Waals surface area contributed by atoms with E-state index in [-0.39, 0.29) is 157 Å². The van der Waals surface area contributed by atoms with Crippen LogP contribution in [0.2, 0.25) is 0 Å². The van der Waals surface area contributed by atoms with Crippen molar-refractivity contribution >= 4 is 104 Å². The van der Waals surface area contributed by atoms with Crippen LogP contribution in [0.1, 0.15) is 189 Å². The Balaban J connectivity index is 0.000000220. The molecule has 149 heavy (non-hydrogen) atoms. The first-order valence-corrected chi connectivity index (χ1v) is 50.5. The van der Waals surface area contributed by atoms with Gasteiger partial charge in [0.1, 0.15) is 35.5 Å². The van der Waals surface area contributed by atoms with E-state index in [1.54, 1.807) is 52.4 Å². The number of nitrogens with zero attached hydrogens (tertiary/aromatic N) is 8. The zero-order valence-corrected chi connectivity index (χ0v) is 86.7. The second kappa shape index (κ2) is 48.7. The number of carbonyl (C=O) groups is 10. The summed E-state index contributed by atoms with van der Waals surface area (Å²) in [6.45, 7) is 26.0. The van der Waals surface area contributed by atoms with Gasteiger partial charge in [-0.25, -0.2) is 23.5 Å². The first kappa shape index (κ1) is 114. The number of aryl methyl sites for hydroxylation is 2. The number of aliphatic hydroxyl groups excluding tert-OH is 2. The number of amides is 8. The van der Waals surface area contributed by atoms with Gasteiger partial charge in [-0.3, -0.25) is 62.5 Å². The number of halogens is 8. The van der Waals surface area contributed by atoms with Gasteiger partial charge in [-0.15, -0.1) is 22.7 Å². The maximum Gasteiger partial charge on any atom is 0.417 e. The number of β-amino-alcohol motifs (C(OH)–C–C–N with tert-alkyl or cyclic N) is 2. The van der Waals surface area contributed by atoms with Crippen LogP contribution in [0, 0.1) is 42.2 Å². The number of piperazine rings is 2. The summed E-state index contributed by atoms with van der Waals surface area (Å²) >= 11 is 3.13. The molecule has 8 amide bonds. The average Bonchev–Trinajstić information content (AvgIpc) is 1.48. The molecule has 4 aliphatic rings. The molecule has 4 fully saturated rings. The number of aromatic amines is 2. The Morgan fingerprint density at radius 1 is 0.503 bits per heavy atom. The molecule has 13 N–H and O–H groups in total. The smallest absolute Gasteiger partial charge is 0.417 e. The van der Waals surface area contributed by atoms with Gasteiger partial charge in [0.25, 0.3) is 17.7 Å². The summed E-state index contributed by atoms with van der Waals surface area (Å²) in [5.74, 6) is -8.41. The number of aromatic carboxylic acids is 1. The van der Waals surface area contributed by atoms with Gasteiger partial charge in [0.05, 0.1) is 94.9 Å². The standard InChI is InChI=1S/C54H62F4N8O7S.C27H26F4N4O4.C26H37N5O4S/c1-30-26-65(27-31(2)64(30)7)45-17-15-35(20-44(45)63-50(71)40-25-60-47(69)23-41(40)54(56,57)58)39-19-36(14-16-43(39)55)49(70)59-18-8-9-37(67)21-42(53(4,5)6)52(73)66-28-38(68)22-46(66)51(72)61-24-33-10-12-34(13-11-33)48-32(3)62-29-74-48;1-14-12-35(13-15(2)34(14)3)23-7-5-16(18-8-17(26(38)39)4-6-21(18)28)9-22(23)33-25(37)19-11-32-24(36)10-20(19)27(29,30)31;1-16-22(36-15-29-16)18-9-7-17(8-10-18)13-28-24(34)20-12-19(32)14-31(20)25(35)23(26(2,3)4)30-21(33)6-5-11-27/h10-17,19-20,23,25,29-31,38,42,46,68H,8-9,18,21-22,24,26-28H2,1-7H3,(H,59,70)(H,60,69)(H,61,72)(H,63,71);4-11,14-15H,12-13H2,1-3H3,(H,32,36)(H,33,37)(H,38,39);7-10,15,19-20,23,32H,5-6,11-14,27H2,1-4H3,(H,28,34)(H,30,33)/t30-,31+,38-,42-,46+;14-,15+;19-,20+,23-/m1.1/s1. The molecule has 10 atom stereocenters. The van der Waals surface area contributed by atoms with Crippen molar-refractivity contribution in [2.45, 2.75) is 208 Å². The van der Waals surface area contributed by atoms with Gasteiger partial charge in [-0.2, -0.15) is 26.3 Å². The van der Waals surface area contributed by atoms with Crippen molar-refractivity contribution in [2.24, 2.45) is 22.5 Å². The van der Waals surface area contributed by atoms with E-state index in [1.165, 1.54) is 34.1 Å². The average molecular weight is 2110 g/mol. The molecule has 6 aromatic carbocycles. The molecule has 0 bridgehead atoms. The van der Waals surface area contributed by atoms with E-state index in [0.29, 0.717) is 81.6 Å². The number of H-pyrrole nitrogens is 2. The number of aromatic nitrogens is 4. The quantitative estimate of drug-likeness (QED) is 0.0147. The van der Waals surface area contributed by atoms with Gasteiger partial charge in [-0.05, 0) is 180 Å². The maximum atomic E-state index is 15.7. The number of nitrogens with one attached hydrogen (secondary N) is 8. The number of hydrogen-bond acceptors (Lipinski definition) is 23. The van der Waals surface area contributed by atoms with E-state index in [1.807, 2.05) is 161 Å². The van der Waals surface area contributed by atoms with E-state index < -0.39 is 140 Å². The molecule has 32 nitrogen and oxygen atoms in total. The van der Waals surface area contributed by atoms with Crippen molar-refractivity contribution in [1.29, 1.82) is 0 Å². The Morgan fingerprint density at radius 3 is 1.30 bits per heavy atom. The molecular formula is C107H125F8N17O15S2. The van der Waals surface area contributed by atoms with Crippen LogP contribution in [0.4, 0.5) is 57.9 Å². The zero-order chi connectivity index (χ0) is 109. The number of carboxylic acids is 1. The fraction of sp³-hybridized carbons (Fsp3) is 0.421. The number of alkyl halides is 6. The Bertz CT molecular complexity index is 6660. The Labute approximate surface area is 864 Å². The summed E-state index contributed by atoms with van der Waals surface area (Å²) in [5.41, 5.74) is 8.46. The van der Waals surface area contributed by atoms with E-state index in [4.69, 9.17) is 5.73 Å². The fourth-order valence-electron chi connectivity index (χ4n) is 18.4. The minimum atomic E-state index is -5.02. The molecule has 0 aliphatic carbocycles. The number of rotatable bonds is 30. The number of likely N-dealkylation sites (N-methyl/N-ethyl adjacent to an activating group) is 2. The third kappa shape index (κ3) is 28.8. The summed E-state index contributed by atoms with van der Waals surface area (Å²) in [4.78, 5) is 181. The van der Waals surface area contributed by atoms with Gasteiger partial charge >= 0.3 is 18.3 Å². The molecule has 0 unspecified atom stereocenters. The van der Waals surface area contributed by atoms with Crippen LogP contribution >= 0.6 is 22.7 Å². The predicted octanol–water partition coefficient (Wildman–Crippen LogP) is 14.5. The van der Waals surface area contributed by atoms with Gasteiger partial charge in [0, 0.05) is 162 Å². The number of nitrogens with two attached hydrogens (primary N) is 1. The summed E-state index contributed by atoms with van der Waals surface area (Å²) in [7, 11) is 3.95. The SMILES string of the molecule is C[C@@H]1CN(c2ccc(-c3cc(C(=O)O)ccc3F)cc2NC(=O)c2c[nH]c(=O)cc2C(F)(F)F)C[C@H](C)N1C.Cc1ncsc1-c1ccc(CNC(=O)[C@@H]2C[C@@H](O)CN2C(=O)[C@@H](CC(=O)CCCNC(=O)c2ccc(F)c(-c3ccc(N4C[C@@H](C)N(C)[C@@H](C)C4)c(NC(=O)c4c[nH]c(=O)cc4C(F)(F)F)c3)c2)C(C)(C)C)cc1.Cc1ncsc1-c1ccc(CNC(=O)[C@@H]2C[C@@H](O)CN2C(=O)[C@@H](NC(=O)CCCN)C(C)(C)C)cc1. The minimum absolute atomic E-state index is 0.0118. The first-order chi connectivity index (χ1) is 70.1. The number of likely N-dealkylation sites (tertiary alicyclic amines) is 2. The van der Waals surface area contributed by atoms with Crippen LogP contribution in [-0.4, -0.2) is 235 Å². The Morgan fingerprint density at radius 2 is 0.913 bits per heavy atom. The van der Waals surface area contributed by atoms with E-state index in [2.05, 4.69) is 61.6 Å². The lowest BCUT2D eigenvalue weighted by Crippen LogP contribution is -2.57. The maximum absolute atomic E-state index is 15.7. The van der Waals surface area contributed by atoms with Crippen molar-refractivity contribution in [3.63, 3.8) is 0 Å². The molecule has 42 heteroatoms. The summed E-state index contributed by atoms with van der Waals surface area (Å²) < 4.78 is 113. The summed E-state index contributed by atoms with van der Waals surface area (Å²) in [6.07, 6.45) is -9.28. The van der Waals surface area contributed by atoms with E-state index in [0.717, 1.165) is 67.7 Å². The van der Waals surface area contributed by atoms with Crippen molar-refractivity contribution in [1.82, 2.24) is 60.8 Å². The molecular weight excluding hydrogens is 1980 g/mol. The lowest BCUT2D eigenvalue weighted by molar-refractivity contribution is -0.146. The number of aliphatic hydroxyl groups is 2. The zero-order valence-electron chi connectivity index (χ0n) is 85.0.